The van der Waals surface area contributed by atoms with Crippen LogP contribution in [0.2, 0.25) is 0 Å². The summed E-state index contributed by atoms with van der Waals surface area (Å²) >= 11 is 0. The summed E-state index contributed by atoms with van der Waals surface area (Å²) in [5, 5.41) is 7.19. The molecular weight excluding hydrogens is 617 g/mol. The molecule has 0 aliphatic rings. The lowest BCUT2D eigenvalue weighted by molar-refractivity contribution is 0.128. The summed E-state index contributed by atoms with van der Waals surface area (Å²) in [6, 6.07) is 75.2. The molecular formula is C44H38O2Si2. The number of rotatable bonds is 12. The number of hydrogen-bond donors (Lipinski definition) is 0. The minimum Gasteiger partial charge on any atom is -0.401 e. The van der Waals surface area contributed by atoms with E-state index in [9.17, 15) is 0 Å². The SMILES string of the molecule is c1ccc(C(CO[Si](c2ccccc2)(c2ccccc2)c2ccccc2)O[Si](c2ccccc2)(c2ccccc2)c2ccccc2)cc1. The summed E-state index contributed by atoms with van der Waals surface area (Å²) in [4.78, 5) is 0. The smallest absolute Gasteiger partial charge is 0.288 e. The highest BCUT2D eigenvalue weighted by molar-refractivity contribution is 7.07. The molecule has 0 heterocycles. The van der Waals surface area contributed by atoms with Crippen molar-refractivity contribution in [3.05, 3.63) is 218 Å². The molecule has 2 nitrogen and oxygen atoms in total. The highest BCUT2D eigenvalue weighted by atomic mass is 28.4. The van der Waals surface area contributed by atoms with Crippen LogP contribution >= 0.6 is 0 Å². The van der Waals surface area contributed by atoms with Crippen LogP contribution in [0.1, 0.15) is 11.7 Å². The highest BCUT2D eigenvalue weighted by Gasteiger charge is 2.46. The van der Waals surface area contributed by atoms with Gasteiger partial charge >= 0.3 is 0 Å². The first kappa shape index (κ1) is 31.5. The van der Waals surface area contributed by atoms with Crippen molar-refractivity contribution in [2.75, 3.05) is 6.61 Å². The molecule has 1 atom stereocenters. The van der Waals surface area contributed by atoms with Crippen molar-refractivity contribution in [3.63, 3.8) is 0 Å². The first-order chi connectivity index (χ1) is 23.8. The first-order valence-electron chi connectivity index (χ1n) is 16.5. The summed E-state index contributed by atoms with van der Waals surface area (Å²) in [5.41, 5.74) is 1.09. The Bertz CT molecular complexity index is 1780. The Kier molecular flexibility index (Phi) is 9.68. The van der Waals surface area contributed by atoms with Crippen molar-refractivity contribution in [3.8, 4) is 0 Å². The lowest BCUT2D eigenvalue weighted by Crippen LogP contribution is -2.71. The van der Waals surface area contributed by atoms with E-state index in [2.05, 4.69) is 212 Å². The van der Waals surface area contributed by atoms with Crippen molar-refractivity contribution >= 4 is 47.8 Å². The van der Waals surface area contributed by atoms with Crippen LogP contribution < -0.4 is 31.1 Å². The standard InChI is InChI=1S/C44H38O2Si2/c1-8-22-37(23-9-1)44(46-48(41-30-16-5-17-31-41,42-32-18-6-19-33-42)43-34-20-7-21-35-43)36-45-47(38-24-10-2-11-25-38,39-26-12-3-13-27-39)40-28-14-4-15-29-40/h1-35,44H,36H2. The van der Waals surface area contributed by atoms with Gasteiger partial charge in [-0.2, -0.15) is 0 Å². The highest BCUT2D eigenvalue weighted by Crippen LogP contribution is 2.25. The molecule has 234 valence electrons. The van der Waals surface area contributed by atoms with Gasteiger partial charge in [0, 0.05) is 0 Å². The largest absolute Gasteiger partial charge is 0.401 e. The van der Waals surface area contributed by atoms with E-state index in [1.54, 1.807) is 0 Å². The molecule has 0 fully saturated rings. The van der Waals surface area contributed by atoms with E-state index in [1.165, 1.54) is 31.1 Å². The van der Waals surface area contributed by atoms with Gasteiger partial charge in [-0.25, -0.2) is 0 Å². The molecule has 0 aliphatic carbocycles. The molecule has 48 heavy (non-hydrogen) atoms. The third-order valence-corrected chi connectivity index (χ3v) is 17.1. The quantitative estimate of drug-likeness (QED) is 0.117. The molecule has 7 aromatic carbocycles. The maximum Gasteiger partial charge on any atom is 0.288 e. The maximum absolute atomic E-state index is 7.82. The van der Waals surface area contributed by atoms with E-state index in [0.717, 1.165) is 5.56 Å². The van der Waals surface area contributed by atoms with Crippen molar-refractivity contribution in [1.82, 2.24) is 0 Å². The molecule has 0 bridgehead atoms. The Morgan fingerprint density at radius 1 is 0.312 bits per heavy atom. The van der Waals surface area contributed by atoms with Gasteiger partial charge in [-0.05, 0) is 36.7 Å². The van der Waals surface area contributed by atoms with E-state index < -0.39 is 16.6 Å². The van der Waals surface area contributed by atoms with Gasteiger partial charge in [-0.3, -0.25) is 0 Å². The lowest BCUT2D eigenvalue weighted by Gasteiger charge is -2.39. The maximum atomic E-state index is 7.82. The molecule has 0 saturated heterocycles. The molecule has 7 aromatic rings. The van der Waals surface area contributed by atoms with Gasteiger partial charge < -0.3 is 8.85 Å². The molecule has 0 aromatic heterocycles. The van der Waals surface area contributed by atoms with E-state index in [4.69, 9.17) is 8.85 Å². The predicted molar refractivity (Wildman–Crippen MR) is 204 cm³/mol. The second kappa shape index (κ2) is 14.8. The van der Waals surface area contributed by atoms with Gasteiger partial charge in [0.25, 0.3) is 16.6 Å². The first-order valence-corrected chi connectivity index (χ1v) is 20.3. The van der Waals surface area contributed by atoms with Crippen molar-refractivity contribution in [2.24, 2.45) is 0 Å². The second-order valence-electron chi connectivity index (χ2n) is 11.9. The minimum atomic E-state index is -3.07. The normalized spacial score (nSPS) is 12.3. The fourth-order valence-electron chi connectivity index (χ4n) is 6.77. The van der Waals surface area contributed by atoms with Crippen LogP contribution in [-0.4, -0.2) is 23.2 Å². The average Bonchev–Trinajstić information content (AvgIpc) is 3.19. The van der Waals surface area contributed by atoms with E-state index >= 15 is 0 Å². The van der Waals surface area contributed by atoms with Crippen LogP contribution in [0.15, 0.2) is 212 Å². The summed E-state index contributed by atoms with van der Waals surface area (Å²) in [6.45, 7) is 0.371. The third-order valence-electron chi connectivity index (χ3n) is 9.02. The summed E-state index contributed by atoms with van der Waals surface area (Å²) < 4.78 is 15.4. The van der Waals surface area contributed by atoms with Crippen molar-refractivity contribution < 1.29 is 8.85 Å². The van der Waals surface area contributed by atoms with Gasteiger partial charge in [0.1, 0.15) is 0 Å². The number of hydrogen-bond acceptors (Lipinski definition) is 2. The predicted octanol–water partition coefficient (Wildman–Crippen LogP) is 6.10. The second-order valence-corrected chi connectivity index (χ2v) is 18.6. The Hall–Kier alpha value is -5.11. The van der Waals surface area contributed by atoms with Gasteiger partial charge in [0.05, 0.1) is 12.7 Å². The molecule has 0 aliphatic heterocycles. The van der Waals surface area contributed by atoms with Gasteiger partial charge in [-0.1, -0.05) is 212 Å². The minimum absolute atomic E-state index is 0.360. The molecule has 1 unspecified atom stereocenters. The Morgan fingerprint density at radius 3 is 0.854 bits per heavy atom. The van der Waals surface area contributed by atoms with E-state index in [-0.39, 0.29) is 6.10 Å². The topological polar surface area (TPSA) is 18.5 Å². The zero-order valence-corrected chi connectivity index (χ0v) is 28.8. The van der Waals surface area contributed by atoms with Crippen LogP contribution in [0.25, 0.3) is 0 Å². The van der Waals surface area contributed by atoms with Crippen LogP contribution in [0, 0.1) is 0 Å². The molecule has 0 N–H and O–H groups in total. The van der Waals surface area contributed by atoms with E-state index in [1.807, 2.05) is 0 Å². The molecule has 7 rings (SSSR count). The molecule has 0 amide bonds. The molecule has 0 saturated carbocycles. The van der Waals surface area contributed by atoms with Crippen molar-refractivity contribution in [1.29, 1.82) is 0 Å². The number of benzene rings is 7. The Balaban J connectivity index is 1.42. The van der Waals surface area contributed by atoms with Crippen LogP contribution in [0.3, 0.4) is 0 Å². The lowest BCUT2D eigenvalue weighted by atomic mass is 10.1. The molecule has 0 spiro atoms. The third kappa shape index (κ3) is 6.27. The van der Waals surface area contributed by atoms with Crippen LogP contribution in [0.4, 0.5) is 0 Å². The zero-order valence-electron chi connectivity index (χ0n) is 26.8. The molecule has 0 radical (unpaired) electrons. The average molecular weight is 655 g/mol. The fraction of sp³-hybridized carbons (Fsp3) is 0.0455. The van der Waals surface area contributed by atoms with Gasteiger partial charge in [-0.15, -0.1) is 0 Å². The Morgan fingerprint density at radius 2 is 0.562 bits per heavy atom. The van der Waals surface area contributed by atoms with E-state index in [0.29, 0.717) is 6.61 Å². The molecule has 4 heteroatoms. The van der Waals surface area contributed by atoms with Gasteiger partial charge in [0.2, 0.25) is 0 Å². The monoisotopic (exact) mass is 654 g/mol. The zero-order chi connectivity index (χ0) is 32.5. The summed E-state index contributed by atoms with van der Waals surface area (Å²) in [7, 11) is -6.07. The van der Waals surface area contributed by atoms with Crippen LogP contribution in [0.5, 0.6) is 0 Å². The summed E-state index contributed by atoms with van der Waals surface area (Å²) in [5.74, 6) is 0. The Labute approximate surface area is 286 Å². The van der Waals surface area contributed by atoms with Gasteiger partial charge in [0.15, 0.2) is 0 Å². The fourth-order valence-corrected chi connectivity index (χ4v) is 14.7. The summed E-state index contributed by atoms with van der Waals surface area (Å²) in [6.07, 6.45) is -0.360. The van der Waals surface area contributed by atoms with Crippen molar-refractivity contribution in [2.45, 2.75) is 6.10 Å². The van der Waals surface area contributed by atoms with Crippen LogP contribution in [-0.2, 0) is 8.85 Å².